The Kier molecular flexibility index (Phi) is 10.6. The molecule has 31 heavy (non-hydrogen) atoms. The van der Waals surface area contributed by atoms with Crippen molar-refractivity contribution in [3.05, 3.63) is 92.5 Å². The van der Waals surface area contributed by atoms with Crippen molar-refractivity contribution in [2.24, 2.45) is 0 Å². The van der Waals surface area contributed by atoms with Crippen LogP contribution in [0.3, 0.4) is 0 Å². The van der Waals surface area contributed by atoms with Gasteiger partial charge in [0.25, 0.3) is 0 Å². The maximum Gasteiger partial charge on any atom is 0.191 e. The Morgan fingerprint density at radius 3 is 2.32 bits per heavy atom. The normalized spacial score (nSPS) is 14.0. The predicted octanol–water partition coefficient (Wildman–Crippen LogP) is 8.50. The van der Waals surface area contributed by atoms with Crippen molar-refractivity contribution in [1.82, 2.24) is 5.32 Å². The van der Waals surface area contributed by atoms with E-state index in [9.17, 15) is 4.79 Å². The van der Waals surface area contributed by atoms with Gasteiger partial charge in [0.05, 0.1) is 5.25 Å². The number of thioether (sulfide) groups is 1. The SMILES string of the molecule is C=CCC(N/C(CC)=C(/C)C(=O)c1ccccc1Br)C(SC(C)C)c1ccc(Br)cc1. The van der Waals surface area contributed by atoms with Gasteiger partial charge in [-0.05, 0) is 54.8 Å². The van der Waals surface area contributed by atoms with Crippen LogP contribution < -0.4 is 5.32 Å². The summed E-state index contributed by atoms with van der Waals surface area (Å²) in [5, 5.41) is 4.44. The van der Waals surface area contributed by atoms with Crippen LogP contribution in [0.15, 0.2) is 81.4 Å². The first-order valence-corrected chi connectivity index (χ1v) is 13.1. The first kappa shape index (κ1) is 26.0. The fraction of sp³-hybridized carbons (Fsp3) is 0.346. The molecule has 0 aliphatic heterocycles. The molecule has 0 heterocycles. The second-order valence-electron chi connectivity index (χ2n) is 7.70. The molecule has 0 aromatic heterocycles. The van der Waals surface area contributed by atoms with Crippen molar-refractivity contribution in [3.63, 3.8) is 0 Å². The lowest BCUT2D eigenvalue weighted by atomic mass is 9.98. The molecule has 5 heteroatoms. The van der Waals surface area contributed by atoms with Gasteiger partial charge in [-0.1, -0.05) is 83.0 Å². The number of halogens is 2. The second kappa shape index (κ2) is 12.7. The van der Waals surface area contributed by atoms with Crippen LogP contribution in [0.5, 0.6) is 0 Å². The van der Waals surface area contributed by atoms with Crippen LogP contribution in [-0.2, 0) is 0 Å². The Morgan fingerprint density at radius 1 is 1.13 bits per heavy atom. The summed E-state index contributed by atoms with van der Waals surface area (Å²) >= 11 is 8.99. The van der Waals surface area contributed by atoms with Gasteiger partial charge in [-0.15, -0.1) is 18.3 Å². The molecule has 166 valence electrons. The molecule has 0 amide bonds. The summed E-state index contributed by atoms with van der Waals surface area (Å²) in [7, 11) is 0. The monoisotopic (exact) mass is 563 g/mol. The van der Waals surface area contributed by atoms with Crippen molar-refractivity contribution < 1.29 is 4.79 Å². The van der Waals surface area contributed by atoms with Gasteiger partial charge in [0.1, 0.15) is 0 Å². The summed E-state index contributed by atoms with van der Waals surface area (Å²) < 4.78 is 1.89. The summed E-state index contributed by atoms with van der Waals surface area (Å²) in [6.45, 7) is 12.5. The van der Waals surface area contributed by atoms with Gasteiger partial charge in [-0.25, -0.2) is 0 Å². The Morgan fingerprint density at radius 2 is 1.77 bits per heavy atom. The first-order chi connectivity index (χ1) is 14.8. The number of hydrogen-bond acceptors (Lipinski definition) is 3. The highest BCUT2D eigenvalue weighted by atomic mass is 79.9. The number of carbonyl (C=O) groups is 1. The number of allylic oxidation sites excluding steroid dienone is 2. The van der Waals surface area contributed by atoms with Crippen molar-refractivity contribution in [3.8, 4) is 0 Å². The van der Waals surface area contributed by atoms with Gasteiger partial charge in [-0.2, -0.15) is 0 Å². The molecule has 2 aromatic rings. The molecule has 1 N–H and O–H groups in total. The molecule has 2 unspecified atom stereocenters. The lowest BCUT2D eigenvalue weighted by Gasteiger charge is -2.31. The van der Waals surface area contributed by atoms with E-state index in [1.807, 2.05) is 49.0 Å². The van der Waals surface area contributed by atoms with Crippen molar-refractivity contribution in [1.29, 1.82) is 0 Å². The number of Topliss-reactive ketones (excluding diaryl/α,β-unsaturated/α-hetero) is 1. The molecule has 0 radical (unpaired) electrons. The van der Waals surface area contributed by atoms with Gasteiger partial charge in [0.15, 0.2) is 5.78 Å². The summed E-state index contributed by atoms with van der Waals surface area (Å²) in [4.78, 5) is 13.2. The predicted molar refractivity (Wildman–Crippen MR) is 143 cm³/mol. The Labute approximate surface area is 208 Å². The highest BCUT2D eigenvalue weighted by Gasteiger charge is 2.26. The number of ketones is 1. The minimum Gasteiger partial charge on any atom is -0.384 e. The number of carbonyl (C=O) groups excluding carboxylic acids is 1. The zero-order valence-corrected chi connectivity index (χ0v) is 22.6. The van der Waals surface area contributed by atoms with Crippen LogP contribution in [0.1, 0.15) is 61.7 Å². The fourth-order valence-corrected chi connectivity index (χ4v) is 5.47. The summed E-state index contributed by atoms with van der Waals surface area (Å²) in [6, 6.07) is 16.2. The molecule has 0 saturated carbocycles. The Hall–Kier alpha value is -1.30. The smallest absolute Gasteiger partial charge is 0.191 e. The van der Waals surface area contributed by atoms with E-state index < -0.39 is 0 Å². The number of rotatable bonds is 11. The first-order valence-electron chi connectivity index (χ1n) is 10.6. The lowest BCUT2D eigenvalue weighted by molar-refractivity contribution is 0.103. The van der Waals surface area contributed by atoms with Gasteiger partial charge in [0, 0.05) is 31.8 Å². The maximum absolute atomic E-state index is 13.2. The quantitative estimate of drug-likeness (QED) is 0.168. The maximum atomic E-state index is 13.2. The van der Waals surface area contributed by atoms with Crippen molar-refractivity contribution in [2.75, 3.05) is 0 Å². The van der Waals surface area contributed by atoms with E-state index in [1.54, 1.807) is 0 Å². The third-order valence-corrected chi connectivity index (χ3v) is 7.69. The van der Waals surface area contributed by atoms with E-state index in [1.165, 1.54) is 5.56 Å². The largest absolute Gasteiger partial charge is 0.384 e. The van der Waals surface area contributed by atoms with Crippen molar-refractivity contribution in [2.45, 2.75) is 57.1 Å². The van der Waals surface area contributed by atoms with Crippen molar-refractivity contribution >= 4 is 49.4 Å². The Bertz CT molecular complexity index is 921. The second-order valence-corrected chi connectivity index (χ2v) is 11.2. The molecule has 0 aliphatic carbocycles. The van der Waals surface area contributed by atoms with Gasteiger partial charge < -0.3 is 5.32 Å². The van der Waals surface area contributed by atoms with Crippen LogP contribution in [0.25, 0.3) is 0 Å². The highest BCUT2D eigenvalue weighted by Crippen LogP contribution is 2.37. The summed E-state index contributed by atoms with van der Waals surface area (Å²) in [5.41, 5.74) is 3.70. The van der Waals surface area contributed by atoms with E-state index >= 15 is 0 Å². The lowest BCUT2D eigenvalue weighted by Crippen LogP contribution is -2.34. The van der Waals surface area contributed by atoms with Crippen LogP contribution >= 0.6 is 43.6 Å². The minimum atomic E-state index is 0.0471. The number of benzene rings is 2. The van der Waals surface area contributed by atoms with Gasteiger partial charge in [-0.3, -0.25) is 4.79 Å². The topological polar surface area (TPSA) is 29.1 Å². The number of nitrogens with one attached hydrogen (secondary N) is 1. The van der Waals surface area contributed by atoms with Crippen LogP contribution in [0.4, 0.5) is 0 Å². The zero-order valence-electron chi connectivity index (χ0n) is 18.6. The third-order valence-electron chi connectivity index (χ3n) is 5.03. The molecule has 0 spiro atoms. The molecular weight excluding hydrogens is 534 g/mol. The molecule has 2 rings (SSSR count). The van der Waals surface area contributed by atoms with E-state index in [0.717, 1.165) is 33.1 Å². The molecular formula is C26H31Br2NOS. The number of hydrogen-bond donors (Lipinski definition) is 1. The van der Waals surface area contributed by atoms with Crippen LogP contribution in [0.2, 0.25) is 0 Å². The molecule has 0 aliphatic rings. The fourth-order valence-electron chi connectivity index (χ4n) is 3.47. The standard InChI is InChI=1S/C26H31Br2NOS/c1-6-10-24(26(31-17(3)4)19-13-15-20(27)16-14-19)29-23(7-2)18(5)25(30)21-11-8-9-12-22(21)28/h6,8-9,11-17,24,26,29H,1,7,10H2,2-5H3/b23-18-. The highest BCUT2D eigenvalue weighted by molar-refractivity contribution is 9.10. The molecule has 2 aromatic carbocycles. The third kappa shape index (κ3) is 7.37. The summed E-state index contributed by atoms with van der Waals surface area (Å²) in [6.07, 6.45) is 3.53. The van der Waals surface area contributed by atoms with E-state index in [-0.39, 0.29) is 17.1 Å². The average molecular weight is 565 g/mol. The zero-order chi connectivity index (χ0) is 23.0. The molecule has 0 bridgehead atoms. The average Bonchev–Trinajstić information content (AvgIpc) is 2.75. The van der Waals surface area contributed by atoms with E-state index in [0.29, 0.717) is 10.8 Å². The molecule has 2 nitrogen and oxygen atoms in total. The van der Waals surface area contributed by atoms with Gasteiger partial charge in [0.2, 0.25) is 0 Å². The minimum absolute atomic E-state index is 0.0471. The van der Waals surface area contributed by atoms with Crippen LogP contribution in [-0.4, -0.2) is 17.1 Å². The Balaban J connectivity index is 2.41. The molecule has 2 atom stereocenters. The molecule has 0 saturated heterocycles. The van der Waals surface area contributed by atoms with E-state index in [4.69, 9.17) is 0 Å². The van der Waals surface area contributed by atoms with Gasteiger partial charge >= 0.3 is 0 Å². The molecule has 0 fully saturated rings. The van der Waals surface area contributed by atoms with Crippen LogP contribution in [0, 0.1) is 0 Å². The van der Waals surface area contributed by atoms with E-state index in [2.05, 4.69) is 88.8 Å². The summed E-state index contributed by atoms with van der Waals surface area (Å²) in [5.74, 6) is 0.0471.